The topological polar surface area (TPSA) is 93.8 Å². The fourth-order valence-corrected chi connectivity index (χ4v) is 1.54. The molecule has 7 heteroatoms. The molecule has 0 amide bonds. The Morgan fingerprint density at radius 1 is 1.47 bits per heavy atom. The summed E-state index contributed by atoms with van der Waals surface area (Å²) >= 11 is 0. The Morgan fingerprint density at radius 2 is 2.24 bits per heavy atom. The van der Waals surface area contributed by atoms with Crippen molar-refractivity contribution in [3.8, 4) is 5.82 Å². The van der Waals surface area contributed by atoms with Gasteiger partial charge in [-0.25, -0.2) is 4.98 Å². The Bertz CT molecular complexity index is 538. The number of aromatic nitrogens is 5. The lowest BCUT2D eigenvalue weighted by Crippen LogP contribution is -2.11. The minimum Gasteiger partial charge on any atom is -0.481 e. The van der Waals surface area contributed by atoms with Crippen LogP contribution in [-0.2, 0) is 4.79 Å². The molecule has 88 valence electrons. The summed E-state index contributed by atoms with van der Waals surface area (Å²) in [5.74, 6) is -0.885. The zero-order valence-electron chi connectivity index (χ0n) is 9.40. The van der Waals surface area contributed by atoms with E-state index in [1.165, 1.54) is 11.0 Å². The van der Waals surface area contributed by atoms with Crippen LogP contribution < -0.4 is 0 Å². The van der Waals surface area contributed by atoms with Gasteiger partial charge in [0.05, 0.1) is 5.92 Å². The SMILES string of the molecule is Cc1nc(-n2cnnn2)ccc1C(C)C(=O)O. The van der Waals surface area contributed by atoms with Crippen LogP contribution in [-0.4, -0.2) is 36.3 Å². The van der Waals surface area contributed by atoms with Gasteiger partial charge in [-0.3, -0.25) is 4.79 Å². The molecule has 0 aliphatic heterocycles. The third-order valence-corrected chi connectivity index (χ3v) is 2.53. The Labute approximate surface area is 97.1 Å². The van der Waals surface area contributed by atoms with Crippen molar-refractivity contribution >= 4 is 5.97 Å². The average molecular weight is 233 g/mol. The molecule has 7 nitrogen and oxygen atoms in total. The van der Waals surface area contributed by atoms with Crippen LogP contribution in [0.25, 0.3) is 5.82 Å². The first-order chi connectivity index (χ1) is 8.09. The number of tetrazole rings is 1. The number of pyridine rings is 1. The van der Waals surface area contributed by atoms with Crippen molar-refractivity contribution in [1.82, 2.24) is 25.2 Å². The summed E-state index contributed by atoms with van der Waals surface area (Å²) in [4.78, 5) is 15.2. The Hall–Kier alpha value is -2.31. The van der Waals surface area contributed by atoms with Crippen LogP contribution >= 0.6 is 0 Å². The lowest BCUT2D eigenvalue weighted by Gasteiger charge is -2.10. The molecule has 2 heterocycles. The molecule has 1 N–H and O–H groups in total. The molecule has 17 heavy (non-hydrogen) atoms. The lowest BCUT2D eigenvalue weighted by atomic mass is 10.0. The molecule has 0 aromatic carbocycles. The minimum absolute atomic E-state index is 0.564. The van der Waals surface area contributed by atoms with E-state index >= 15 is 0 Å². The van der Waals surface area contributed by atoms with E-state index < -0.39 is 11.9 Å². The number of carbonyl (C=O) groups is 1. The number of aliphatic carboxylic acids is 1. The van der Waals surface area contributed by atoms with Gasteiger partial charge < -0.3 is 5.11 Å². The van der Waals surface area contributed by atoms with Gasteiger partial charge in [-0.1, -0.05) is 6.07 Å². The number of carboxylic acid groups (broad SMARTS) is 1. The number of rotatable bonds is 3. The molecular formula is C10H11N5O2. The van der Waals surface area contributed by atoms with Gasteiger partial charge >= 0.3 is 5.97 Å². The second-order valence-electron chi connectivity index (χ2n) is 3.66. The molecule has 2 aromatic heterocycles. The monoisotopic (exact) mass is 233 g/mol. The predicted molar refractivity (Wildman–Crippen MR) is 57.7 cm³/mol. The summed E-state index contributed by atoms with van der Waals surface area (Å²) in [6.07, 6.45) is 1.43. The molecule has 0 saturated heterocycles. The van der Waals surface area contributed by atoms with Gasteiger partial charge in [-0.05, 0) is 35.9 Å². The molecule has 0 radical (unpaired) electrons. The van der Waals surface area contributed by atoms with Crippen LogP contribution in [0.3, 0.4) is 0 Å². The van der Waals surface area contributed by atoms with Crippen molar-refractivity contribution in [3.05, 3.63) is 29.7 Å². The van der Waals surface area contributed by atoms with E-state index in [4.69, 9.17) is 5.11 Å². The molecule has 0 bridgehead atoms. The summed E-state index contributed by atoms with van der Waals surface area (Å²) in [5, 5.41) is 19.7. The van der Waals surface area contributed by atoms with E-state index in [1.807, 2.05) is 0 Å². The van der Waals surface area contributed by atoms with E-state index in [9.17, 15) is 4.79 Å². The van der Waals surface area contributed by atoms with Crippen molar-refractivity contribution in [1.29, 1.82) is 0 Å². The van der Waals surface area contributed by atoms with Crippen LogP contribution in [0.15, 0.2) is 18.5 Å². The lowest BCUT2D eigenvalue weighted by molar-refractivity contribution is -0.138. The van der Waals surface area contributed by atoms with Crippen LogP contribution in [0.4, 0.5) is 0 Å². The standard InChI is InChI=1S/C10H11N5O2/c1-6(10(16)17)8-3-4-9(12-7(8)2)15-5-11-13-14-15/h3-6H,1-2H3,(H,16,17). The maximum Gasteiger partial charge on any atom is 0.310 e. The van der Waals surface area contributed by atoms with Crippen molar-refractivity contribution in [3.63, 3.8) is 0 Å². The molecule has 0 spiro atoms. The average Bonchev–Trinajstić information content (AvgIpc) is 2.81. The van der Waals surface area contributed by atoms with Gasteiger partial charge in [0.1, 0.15) is 6.33 Å². The van der Waals surface area contributed by atoms with Crippen LogP contribution in [0.1, 0.15) is 24.1 Å². The summed E-state index contributed by atoms with van der Waals surface area (Å²) in [6.45, 7) is 3.39. The smallest absolute Gasteiger partial charge is 0.310 e. The number of hydrogen-bond acceptors (Lipinski definition) is 5. The van der Waals surface area contributed by atoms with Gasteiger partial charge in [0.15, 0.2) is 5.82 Å². The highest BCUT2D eigenvalue weighted by molar-refractivity contribution is 5.75. The minimum atomic E-state index is -0.870. The zero-order chi connectivity index (χ0) is 12.4. The highest BCUT2D eigenvalue weighted by Gasteiger charge is 2.17. The van der Waals surface area contributed by atoms with E-state index in [0.29, 0.717) is 17.1 Å². The zero-order valence-corrected chi connectivity index (χ0v) is 9.40. The van der Waals surface area contributed by atoms with Crippen molar-refractivity contribution in [2.45, 2.75) is 19.8 Å². The third kappa shape index (κ3) is 2.12. The molecule has 0 saturated carbocycles. The second-order valence-corrected chi connectivity index (χ2v) is 3.66. The molecule has 2 aromatic rings. The van der Waals surface area contributed by atoms with E-state index in [-0.39, 0.29) is 0 Å². The quantitative estimate of drug-likeness (QED) is 0.832. The summed E-state index contributed by atoms with van der Waals surface area (Å²) in [5.41, 5.74) is 1.35. The number of nitrogens with zero attached hydrogens (tertiary/aromatic N) is 5. The maximum atomic E-state index is 10.9. The second kappa shape index (κ2) is 4.28. The number of aryl methyl sites for hydroxylation is 1. The van der Waals surface area contributed by atoms with Crippen molar-refractivity contribution in [2.75, 3.05) is 0 Å². The molecule has 0 fully saturated rings. The fourth-order valence-electron chi connectivity index (χ4n) is 1.54. The molecule has 0 aliphatic carbocycles. The van der Waals surface area contributed by atoms with Gasteiger partial charge in [0.2, 0.25) is 0 Å². The highest BCUT2D eigenvalue weighted by Crippen LogP contribution is 2.19. The maximum absolute atomic E-state index is 10.9. The summed E-state index contributed by atoms with van der Waals surface area (Å²) in [6, 6.07) is 3.43. The first-order valence-electron chi connectivity index (χ1n) is 5.03. The van der Waals surface area contributed by atoms with Gasteiger partial charge in [-0.2, -0.15) is 4.68 Å². The summed E-state index contributed by atoms with van der Waals surface area (Å²) < 4.78 is 1.42. The fraction of sp³-hybridized carbons (Fsp3) is 0.300. The first-order valence-corrected chi connectivity index (χ1v) is 5.03. The number of carboxylic acids is 1. The molecular weight excluding hydrogens is 222 g/mol. The van der Waals surface area contributed by atoms with Crippen LogP contribution in [0, 0.1) is 6.92 Å². The molecule has 0 aliphatic rings. The molecule has 2 rings (SSSR count). The normalized spacial score (nSPS) is 12.4. The molecule has 1 unspecified atom stereocenters. The van der Waals surface area contributed by atoms with Crippen LogP contribution in [0.5, 0.6) is 0 Å². The first kappa shape index (κ1) is 11.2. The number of hydrogen-bond donors (Lipinski definition) is 1. The van der Waals surface area contributed by atoms with Crippen molar-refractivity contribution in [2.24, 2.45) is 0 Å². The van der Waals surface area contributed by atoms with Crippen molar-refractivity contribution < 1.29 is 9.90 Å². The van der Waals surface area contributed by atoms with Crippen LogP contribution in [0.2, 0.25) is 0 Å². The highest BCUT2D eigenvalue weighted by atomic mass is 16.4. The Kier molecular flexibility index (Phi) is 2.82. The van der Waals surface area contributed by atoms with E-state index in [2.05, 4.69) is 20.5 Å². The van der Waals surface area contributed by atoms with Gasteiger partial charge in [0, 0.05) is 5.69 Å². The Balaban J connectivity index is 2.39. The van der Waals surface area contributed by atoms with E-state index in [0.717, 1.165) is 0 Å². The van der Waals surface area contributed by atoms with Gasteiger partial charge in [0.25, 0.3) is 0 Å². The third-order valence-electron chi connectivity index (χ3n) is 2.53. The molecule has 1 atom stereocenters. The van der Waals surface area contributed by atoms with E-state index in [1.54, 1.807) is 26.0 Å². The largest absolute Gasteiger partial charge is 0.481 e. The van der Waals surface area contributed by atoms with Gasteiger partial charge in [-0.15, -0.1) is 5.10 Å². The predicted octanol–water partition coefficient (Wildman–Crippen LogP) is 0.554. The Morgan fingerprint density at radius 3 is 2.76 bits per heavy atom. The summed E-state index contributed by atoms with van der Waals surface area (Å²) in [7, 11) is 0.